The van der Waals surface area contributed by atoms with E-state index in [1.54, 1.807) is 12.1 Å². The van der Waals surface area contributed by atoms with Gasteiger partial charge in [0, 0.05) is 17.7 Å². The molecule has 1 fully saturated rings. The number of rotatable bonds is 4. The van der Waals surface area contributed by atoms with Gasteiger partial charge in [0.1, 0.15) is 5.54 Å². The fourth-order valence-corrected chi connectivity index (χ4v) is 4.84. The Balaban J connectivity index is 1.54. The Kier molecular flexibility index (Phi) is 5.39. The molecule has 2 N–H and O–H groups in total. The first-order valence-electron chi connectivity index (χ1n) is 10.4. The minimum Gasteiger partial charge on any atom is -0.294 e. The van der Waals surface area contributed by atoms with Gasteiger partial charge in [-0.2, -0.15) is 5.10 Å². The summed E-state index contributed by atoms with van der Waals surface area (Å²) in [6.07, 6.45) is 8.16. The quantitative estimate of drug-likeness (QED) is 0.458. The molecule has 156 valence electrons. The van der Waals surface area contributed by atoms with Gasteiger partial charge >= 0.3 is 0 Å². The van der Waals surface area contributed by atoms with E-state index in [1.165, 1.54) is 43.2 Å². The van der Waals surface area contributed by atoms with Crippen molar-refractivity contribution in [2.45, 2.75) is 56.5 Å². The number of fused-ring (bicyclic) bond motifs is 1. The Hall–Kier alpha value is -3.06. The molecular formula is C23H26N4O3. The number of nitro benzene ring substituents is 1. The number of nitrogens with zero attached hydrogens (tertiary/aromatic N) is 2. The SMILES string of the molecule is C[C@]1(C(=O)N/N=C\c2ccc([N+](=O)[O-])cc2)NC2(CCCCC2)Cc2ccccc21. The summed E-state index contributed by atoms with van der Waals surface area (Å²) in [7, 11) is 0. The standard InChI is InChI=1S/C23H26N4O3/c1-22(21(28)25-24-16-17-9-11-19(12-10-17)27(29)30)20-8-4-3-7-18(20)15-23(26-22)13-5-2-6-14-23/h3-4,7-12,16,26H,2,5-6,13-15H2,1H3,(H,25,28)/b24-16-/t22-/m0/s1. The molecule has 7 nitrogen and oxygen atoms in total. The summed E-state index contributed by atoms with van der Waals surface area (Å²) in [5.74, 6) is -0.210. The highest BCUT2D eigenvalue weighted by molar-refractivity contribution is 5.89. The fourth-order valence-electron chi connectivity index (χ4n) is 4.84. The van der Waals surface area contributed by atoms with Gasteiger partial charge in [-0.15, -0.1) is 0 Å². The molecule has 1 amide bonds. The normalized spacial score (nSPS) is 22.6. The molecule has 1 spiro atoms. The number of hydrogen-bond donors (Lipinski definition) is 2. The lowest BCUT2D eigenvalue weighted by Crippen LogP contribution is -2.65. The topological polar surface area (TPSA) is 96.6 Å². The first-order chi connectivity index (χ1) is 14.4. The summed E-state index contributed by atoms with van der Waals surface area (Å²) in [4.78, 5) is 23.6. The van der Waals surface area contributed by atoms with Crippen molar-refractivity contribution in [3.8, 4) is 0 Å². The first-order valence-corrected chi connectivity index (χ1v) is 10.4. The van der Waals surface area contributed by atoms with Crippen molar-refractivity contribution in [2.75, 3.05) is 0 Å². The molecule has 30 heavy (non-hydrogen) atoms. The van der Waals surface area contributed by atoms with Crippen molar-refractivity contribution < 1.29 is 9.72 Å². The molecule has 1 atom stereocenters. The minimum atomic E-state index is -0.876. The molecule has 1 heterocycles. The van der Waals surface area contributed by atoms with Crippen molar-refractivity contribution in [3.05, 3.63) is 75.3 Å². The summed E-state index contributed by atoms with van der Waals surface area (Å²) < 4.78 is 0. The van der Waals surface area contributed by atoms with Crippen LogP contribution in [0, 0.1) is 10.1 Å². The molecule has 4 rings (SSSR count). The molecule has 0 aromatic heterocycles. The summed E-state index contributed by atoms with van der Waals surface area (Å²) in [6, 6.07) is 14.2. The monoisotopic (exact) mass is 406 g/mol. The third-order valence-electron chi connectivity index (χ3n) is 6.35. The van der Waals surface area contributed by atoms with Crippen LogP contribution in [0.15, 0.2) is 53.6 Å². The number of carbonyl (C=O) groups is 1. The van der Waals surface area contributed by atoms with Gasteiger partial charge in [-0.1, -0.05) is 43.5 Å². The Labute approximate surface area is 175 Å². The van der Waals surface area contributed by atoms with Crippen LogP contribution in [-0.4, -0.2) is 22.6 Å². The highest BCUT2D eigenvalue weighted by Gasteiger charge is 2.48. The number of nitro groups is 1. The number of non-ortho nitro benzene ring substituents is 1. The van der Waals surface area contributed by atoms with Crippen molar-refractivity contribution in [1.29, 1.82) is 0 Å². The highest BCUT2D eigenvalue weighted by atomic mass is 16.6. The Morgan fingerprint density at radius 2 is 1.83 bits per heavy atom. The van der Waals surface area contributed by atoms with E-state index in [0.717, 1.165) is 24.8 Å². The van der Waals surface area contributed by atoms with E-state index in [1.807, 2.05) is 25.1 Å². The van der Waals surface area contributed by atoms with Gasteiger partial charge in [0.05, 0.1) is 11.1 Å². The van der Waals surface area contributed by atoms with E-state index in [2.05, 4.69) is 21.9 Å². The van der Waals surface area contributed by atoms with Crippen LogP contribution < -0.4 is 10.7 Å². The molecular weight excluding hydrogens is 380 g/mol. The molecule has 1 saturated carbocycles. The Morgan fingerprint density at radius 3 is 2.53 bits per heavy atom. The molecule has 2 aromatic rings. The van der Waals surface area contributed by atoms with Gasteiger partial charge in [-0.3, -0.25) is 20.2 Å². The summed E-state index contributed by atoms with van der Waals surface area (Å²) in [5.41, 5.74) is 4.64. The van der Waals surface area contributed by atoms with E-state index < -0.39 is 10.5 Å². The van der Waals surface area contributed by atoms with E-state index in [0.29, 0.717) is 5.56 Å². The number of amides is 1. The van der Waals surface area contributed by atoms with Crippen LogP contribution in [0.2, 0.25) is 0 Å². The average Bonchev–Trinajstić information content (AvgIpc) is 2.74. The molecule has 0 radical (unpaired) electrons. The average molecular weight is 406 g/mol. The number of hydrogen-bond acceptors (Lipinski definition) is 5. The second-order valence-electron chi connectivity index (χ2n) is 8.47. The van der Waals surface area contributed by atoms with Gasteiger partial charge < -0.3 is 0 Å². The van der Waals surface area contributed by atoms with Crippen LogP contribution in [0.1, 0.15) is 55.7 Å². The molecule has 1 aliphatic carbocycles. The molecule has 0 saturated heterocycles. The van der Waals surface area contributed by atoms with Gasteiger partial charge in [0.2, 0.25) is 0 Å². The van der Waals surface area contributed by atoms with E-state index in [4.69, 9.17) is 0 Å². The van der Waals surface area contributed by atoms with Crippen molar-refractivity contribution in [1.82, 2.24) is 10.7 Å². The second-order valence-corrected chi connectivity index (χ2v) is 8.47. The number of benzene rings is 2. The summed E-state index contributed by atoms with van der Waals surface area (Å²) >= 11 is 0. The van der Waals surface area contributed by atoms with Gasteiger partial charge in [-0.25, -0.2) is 5.43 Å². The number of nitrogens with one attached hydrogen (secondary N) is 2. The molecule has 0 unspecified atom stereocenters. The first kappa shape index (κ1) is 20.2. The maximum absolute atomic E-state index is 13.3. The van der Waals surface area contributed by atoms with E-state index in [9.17, 15) is 14.9 Å². The number of carbonyl (C=O) groups excluding carboxylic acids is 1. The maximum atomic E-state index is 13.3. The van der Waals surface area contributed by atoms with Crippen molar-refractivity contribution in [3.63, 3.8) is 0 Å². The molecule has 0 bridgehead atoms. The van der Waals surface area contributed by atoms with Crippen molar-refractivity contribution in [2.24, 2.45) is 5.10 Å². The van der Waals surface area contributed by atoms with Gasteiger partial charge in [0.15, 0.2) is 0 Å². The zero-order chi connectivity index (χ0) is 21.2. The number of hydrazone groups is 1. The smallest absolute Gasteiger partial charge is 0.269 e. The predicted molar refractivity (Wildman–Crippen MR) is 115 cm³/mol. The van der Waals surface area contributed by atoms with Crippen LogP contribution in [0.3, 0.4) is 0 Å². The largest absolute Gasteiger partial charge is 0.294 e. The fraction of sp³-hybridized carbons (Fsp3) is 0.391. The maximum Gasteiger partial charge on any atom is 0.269 e. The Bertz CT molecular complexity index is 980. The third kappa shape index (κ3) is 3.85. The zero-order valence-corrected chi connectivity index (χ0v) is 17.1. The van der Waals surface area contributed by atoms with Crippen LogP contribution in [0.25, 0.3) is 0 Å². The molecule has 7 heteroatoms. The van der Waals surface area contributed by atoms with E-state index >= 15 is 0 Å². The van der Waals surface area contributed by atoms with Crippen LogP contribution in [0.5, 0.6) is 0 Å². The lowest BCUT2D eigenvalue weighted by molar-refractivity contribution is -0.384. The highest BCUT2D eigenvalue weighted by Crippen LogP contribution is 2.41. The molecule has 1 aliphatic heterocycles. The van der Waals surface area contributed by atoms with Crippen LogP contribution in [-0.2, 0) is 16.8 Å². The zero-order valence-electron chi connectivity index (χ0n) is 17.1. The van der Waals surface area contributed by atoms with Crippen molar-refractivity contribution >= 4 is 17.8 Å². The van der Waals surface area contributed by atoms with Gasteiger partial charge in [0.25, 0.3) is 11.6 Å². The summed E-state index contributed by atoms with van der Waals surface area (Å²) in [6.45, 7) is 1.93. The van der Waals surface area contributed by atoms with E-state index in [-0.39, 0.29) is 17.1 Å². The Morgan fingerprint density at radius 1 is 1.13 bits per heavy atom. The lowest BCUT2D eigenvalue weighted by atomic mass is 9.69. The van der Waals surface area contributed by atoms with Crippen LogP contribution >= 0.6 is 0 Å². The molecule has 2 aromatic carbocycles. The van der Waals surface area contributed by atoms with Crippen LogP contribution in [0.4, 0.5) is 5.69 Å². The lowest BCUT2D eigenvalue weighted by Gasteiger charge is -2.49. The third-order valence-corrected chi connectivity index (χ3v) is 6.35. The summed E-state index contributed by atoms with van der Waals surface area (Å²) in [5, 5.41) is 18.6. The van der Waals surface area contributed by atoms with Gasteiger partial charge in [-0.05, 0) is 55.0 Å². The second kappa shape index (κ2) is 7.99. The minimum absolute atomic E-state index is 0.0180. The predicted octanol–water partition coefficient (Wildman–Crippen LogP) is 3.81. The molecule has 2 aliphatic rings.